The number of amides is 1. The highest BCUT2D eigenvalue weighted by Gasteiger charge is 2.21. The maximum atomic E-state index is 12.9. The van der Waals surface area contributed by atoms with Crippen molar-refractivity contribution < 1.29 is 9.53 Å². The zero-order chi connectivity index (χ0) is 20.9. The Morgan fingerprint density at radius 2 is 2.07 bits per heavy atom. The van der Waals surface area contributed by atoms with E-state index in [9.17, 15) is 9.59 Å². The van der Waals surface area contributed by atoms with Crippen molar-refractivity contribution in [2.24, 2.45) is 0 Å². The second kappa shape index (κ2) is 9.32. The van der Waals surface area contributed by atoms with Gasteiger partial charge in [0.25, 0.3) is 11.5 Å². The smallest absolute Gasteiger partial charge is 0.263 e. The van der Waals surface area contributed by atoms with Gasteiger partial charge in [0.2, 0.25) is 5.13 Å². The van der Waals surface area contributed by atoms with Crippen LogP contribution in [0.15, 0.2) is 47.4 Å². The predicted molar refractivity (Wildman–Crippen MR) is 116 cm³/mol. The molecule has 8 heteroatoms. The molecule has 1 unspecified atom stereocenters. The van der Waals surface area contributed by atoms with Crippen molar-refractivity contribution in [3.05, 3.63) is 74.6 Å². The summed E-state index contributed by atoms with van der Waals surface area (Å²) in [4.78, 5) is 25.7. The van der Waals surface area contributed by atoms with E-state index in [2.05, 4.69) is 27.6 Å². The molecule has 3 aromatic rings. The van der Waals surface area contributed by atoms with E-state index in [1.54, 1.807) is 23.8 Å². The van der Waals surface area contributed by atoms with Crippen LogP contribution in [0.3, 0.4) is 0 Å². The number of pyridine rings is 1. The molecule has 2 aromatic heterocycles. The van der Waals surface area contributed by atoms with Crippen molar-refractivity contribution in [2.45, 2.75) is 45.3 Å². The first-order chi connectivity index (χ1) is 14.6. The highest BCUT2D eigenvalue weighted by Crippen LogP contribution is 2.19. The van der Waals surface area contributed by atoms with Crippen LogP contribution in [0.25, 0.3) is 0 Å². The monoisotopic (exact) mass is 424 g/mol. The van der Waals surface area contributed by atoms with Crippen LogP contribution in [-0.2, 0) is 24.1 Å². The Kier molecular flexibility index (Phi) is 6.35. The zero-order valence-electron chi connectivity index (χ0n) is 16.8. The molecule has 0 aliphatic carbocycles. The van der Waals surface area contributed by atoms with Gasteiger partial charge in [-0.1, -0.05) is 41.7 Å². The van der Waals surface area contributed by atoms with E-state index in [1.165, 1.54) is 16.9 Å². The number of nitrogens with one attached hydrogen (secondary N) is 1. The van der Waals surface area contributed by atoms with Gasteiger partial charge < -0.3 is 9.30 Å². The number of aryl methyl sites for hydroxylation is 3. The number of nitrogens with zero attached hydrogens (tertiary/aromatic N) is 3. The summed E-state index contributed by atoms with van der Waals surface area (Å²) in [7, 11) is 0. The first kappa shape index (κ1) is 20.4. The number of hydrogen-bond acceptors (Lipinski definition) is 6. The van der Waals surface area contributed by atoms with E-state index in [1.807, 2.05) is 18.2 Å². The molecular weight excluding hydrogens is 400 g/mol. The molecule has 1 fully saturated rings. The fourth-order valence-electron chi connectivity index (χ4n) is 3.55. The van der Waals surface area contributed by atoms with Gasteiger partial charge in [0.15, 0.2) is 0 Å². The van der Waals surface area contributed by atoms with Crippen molar-refractivity contribution in [2.75, 3.05) is 11.9 Å². The molecular formula is C22H24N4O3S. The van der Waals surface area contributed by atoms with Gasteiger partial charge in [0.1, 0.15) is 10.6 Å². The minimum Gasteiger partial charge on any atom is -0.376 e. The Bertz CT molecular complexity index is 1070. The van der Waals surface area contributed by atoms with Gasteiger partial charge in [-0.05, 0) is 43.4 Å². The van der Waals surface area contributed by atoms with E-state index >= 15 is 0 Å². The molecule has 0 radical (unpaired) electrons. The summed E-state index contributed by atoms with van der Waals surface area (Å²) in [5, 5.41) is 12.2. The summed E-state index contributed by atoms with van der Waals surface area (Å²) >= 11 is 1.33. The Hall–Kier alpha value is -2.84. The first-order valence-corrected chi connectivity index (χ1v) is 10.9. The number of aromatic nitrogens is 3. The molecule has 0 saturated carbocycles. The quantitative estimate of drug-likeness (QED) is 0.629. The SMILES string of the molecule is Cc1ccn(CC2CCCO2)c(=O)c1C(=O)Nc1nnc(CCc2ccccc2)s1. The molecule has 1 aliphatic rings. The summed E-state index contributed by atoms with van der Waals surface area (Å²) in [6.45, 7) is 2.95. The molecule has 4 rings (SSSR count). The lowest BCUT2D eigenvalue weighted by Gasteiger charge is -2.14. The van der Waals surface area contributed by atoms with Crippen LogP contribution in [0, 0.1) is 6.92 Å². The van der Waals surface area contributed by atoms with Gasteiger partial charge >= 0.3 is 0 Å². The van der Waals surface area contributed by atoms with Crippen LogP contribution in [0.5, 0.6) is 0 Å². The largest absolute Gasteiger partial charge is 0.376 e. The molecule has 1 aromatic carbocycles. The first-order valence-electron chi connectivity index (χ1n) is 10.1. The number of carbonyl (C=O) groups excluding carboxylic acids is 1. The number of ether oxygens (including phenoxy) is 1. The number of carbonyl (C=O) groups is 1. The average molecular weight is 425 g/mol. The van der Waals surface area contributed by atoms with E-state index < -0.39 is 5.91 Å². The lowest BCUT2D eigenvalue weighted by atomic mass is 10.1. The standard InChI is InChI=1S/C22H24N4O3S/c1-15-11-12-26(14-17-8-5-13-29-17)21(28)19(15)20(27)23-22-25-24-18(30-22)10-9-16-6-3-2-4-7-16/h2-4,6-7,11-12,17H,5,8-10,13-14H2,1H3,(H,23,25,27). The summed E-state index contributed by atoms with van der Waals surface area (Å²) < 4.78 is 7.18. The highest BCUT2D eigenvalue weighted by molar-refractivity contribution is 7.15. The molecule has 0 bridgehead atoms. The van der Waals surface area contributed by atoms with Crippen LogP contribution in [-0.4, -0.2) is 33.4 Å². The van der Waals surface area contributed by atoms with Crippen molar-refractivity contribution in [3.63, 3.8) is 0 Å². The number of benzene rings is 1. The number of anilines is 1. The molecule has 3 heterocycles. The van der Waals surface area contributed by atoms with Gasteiger partial charge in [-0.25, -0.2) is 0 Å². The highest BCUT2D eigenvalue weighted by atomic mass is 32.1. The van der Waals surface area contributed by atoms with Crippen LogP contribution >= 0.6 is 11.3 Å². The summed E-state index contributed by atoms with van der Waals surface area (Å²) in [6.07, 6.45) is 5.28. The van der Waals surface area contributed by atoms with Crippen LogP contribution in [0.1, 0.15) is 39.3 Å². The topological polar surface area (TPSA) is 86.1 Å². The normalized spacial score (nSPS) is 16.0. The molecule has 7 nitrogen and oxygen atoms in total. The summed E-state index contributed by atoms with van der Waals surface area (Å²) in [6, 6.07) is 11.9. The zero-order valence-corrected chi connectivity index (χ0v) is 17.7. The van der Waals surface area contributed by atoms with E-state index in [0.717, 1.165) is 37.3 Å². The summed E-state index contributed by atoms with van der Waals surface area (Å²) in [5.41, 5.74) is 1.69. The lowest BCUT2D eigenvalue weighted by Crippen LogP contribution is -2.32. The van der Waals surface area contributed by atoms with Gasteiger partial charge in [-0.2, -0.15) is 0 Å². The van der Waals surface area contributed by atoms with Gasteiger partial charge in [-0.3, -0.25) is 14.9 Å². The maximum absolute atomic E-state index is 12.9. The Balaban J connectivity index is 1.43. The van der Waals surface area contributed by atoms with Gasteiger partial charge in [0.05, 0.1) is 12.6 Å². The van der Waals surface area contributed by atoms with E-state index in [4.69, 9.17) is 4.74 Å². The Morgan fingerprint density at radius 3 is 2.83 bits per heavy atom. The van der Waals surface area contributed by atoms with Crippen molar-refractivity contribution in [1.29, 1.82) is 0 Å². The molecule has 0 spiro atoms. The van der Waals surface area contributed by atoms with Crippen LogP contribution in [0.2, 0.25) is 0 Å². The molecule has 1 saturated heterocycles. The van der Waals surface area contributed by atoms with E-state index in [0.29, 0.717) is 17.2 Å². The molecule has 1 atom stereocenters. The molecule has 1 aliphatic heterocycles. The fraction of sp³-hybridized carbons (Fsp3) is 0.364. The molecule has 156 valence electrons. The van der Waals surface area contributed by atoms with Crippen molar-refractivity contribution in [1.82, 2.24) is 14.8 Å². The fourth-order valence-corrected chi connectivity index (χ4v) is 4.29. The third kappa shape index (κ3) is 4.83. The average Bonchev–Trinajstić information content (AvgIpc) is 3.41. The third-order valence-electron chi connectivity index (χ3n) is 5.18. The van der Waals surface area contributed by atoms with Crippen molar-refractivity contribution >= 4 is 22.4 Å². The number of rotatable bonds is 7. The Labute approximate surface area is 178 Å². The second-order valence-electron chi connectivity index (χ2n) is 7.41. The maximum Gasteiger partial charge on any atom is 0.263 e. The minimum atomic E-state index is -0.454. The third-order valence-corrected chi connectivity index (χ3v) is 6.08. The van der Waals surface area contributed by atoms with Crippen LogP contribution < -0.4 is 10.9 Å². The van der Waals surface area contributed by atoms with Crippen LogP contribution in [0.4, 0.5) is 5.13 Å². The molecule has 1 amide bonds. The minimum absolute atomic E-state index is 0.0247. The second-order valence-corrected chi connectivity index (χ2v) is 8.47. The van der Waals surface area contributed by atoms with Gasteiger partial charge in [0, 0.05) is 19.2 Å². The van der Waals surface area contributed by atoms with E-state index in [-0.39, 0.29) is 17.2 Å². The predicted octanol–water partition coefficient (Wildman–Crippen LogP) is 3.22. The van der Waals surface area contributed by atoms with Gasteiger partial charge in [-0.15, -0.1) is 10.2 Å². The lowest BCUT2D eigenvalue weighted by molar-refractivity contribution is 0.0952. The van der Waals surface area contributed by atoms with Crippen molar-refractivity contribution in [3.8, 4) is 0 Å². The Morgan fingerprint density at radius 1 is 1.23 bits per heavy atom. The molecule has 30 heavy (non-hydrogen) atoms. The number of hydrogen-bond donors (Lipinski definition) is 1. The summed E-state index contributed by atoms with van der Waals surface area (Å²) in [5.74, 6) is -0.454. The molecule has 1 N–H and O–H groups in total.